The number of fused-ring (bicyclic) bond motifs is 1. The van der Waals surface area contributed by atoms with Gasteiger partial charge in [0.1, 0.15) is 11.5 Å². The monoisotopic (exact) mass is 460 g/mol. The van der Waals surface area contributed by atoms with Crippen molar-refractivity contribution < 1.29 is 33.1 Å². The summed E-state index contributed by atoms with van der Waals surface area (Å²) in [5.41, 5.74) is 0.783. The number of aromatic nitrogens is 1. The Balaban J connectivity index is 1.67. The molecule has 0 saturated carbocycles. The highest BCUT2D eigenvalue weighted by Gasteiger charge is 2.46. The smallest absolute Gasteiger partial charge is 0.295 e. The van der Waals surface area contributed by atoms with Gasteiger partial charge in [-0.2, -0.15) is 0 Å². The predicted octanol–water partition coefficient (Wildman–Crippen LogP) is 4.53. The van der Waals surface area contributed by atoms with Crippen LogP contribution in [0.15, 0.2) is 74.9 Å². The van der Waals surface area contributed by atoms with Crippen molar-refractivity contribution in [3.8, 4) is 11.5 Å². The number of benzene rings is 2. The quantitative estimate of drug-likeness (QED) is 0.417. The zero-order chi connectivity index (χ0) is 24.0. The number of furan rings is 1. The molecule has 0 spiro atoms. The molecule has 1 unspecified atom stereocenters. The number of nitrogens with zero attached hydrogens (tertiary/aromatic N) is 2. The van der Waals surface area contributed by atoms with Gasteiger partial charge in [-0.3, -0.25) is 14.5 Å². The summed E-state index contributed by atoms with van der Waals surface area (Å²) in [6.07, 6.45) is 0. The lowest BCUT2D eigenvalue weighted by atomic mass is 9.95. The summed E-state index contributed by atoms with van der Waals surface area (Å²) in [6.45, 7) is 1.68. The van der Waals surface area contributed by atoms with E-state index in [4.69, 9.17) is 18.4 Å². The number of carbonyl (C=O) groups excluding carboxylic acids is 2. The molecule has 1 aliphatic heterocycles. The predicted molar refractivity (Wildman–Crippen MR) is 121 cm³/mol. The summed E-state index contributed by atoms with van der Waals surface area (Å²) in [6, 6.07) is 14.3. The number of anilines is 1. The molecule has 0 radical (unpaired) electrons. The van der Waals surface area contributed by atoms with Crippen molar-refractivity contribution in [1.82, 2.24) is 5.16 Å². The average Bonchev–Trinajstić information content (AvgIpc) is 3.54. The summed E-state index contributed by atoms with van der Waals surface area (Å²) in [5, 5.41) is 15.5. The van der Waals surface area contributed by atoms with Crippen LogP contribution in [0.2, 0.25) is 0 Å². The first-order valence-electron chi connectivity index (χ1n) is 10.4. The largest absolute Gasteiger partial charge is 0.503 e. The van der Waals surface area contributed by atoms with Gasteiger partial charge >= 0.3 is 0 Å². The molecule has 172 valence electrons. The van der Waals surface area contributed by atoms with E-state index in [1.165, 1.54) is 19.1 Å². The summed E-state index contributed by atoms with van der Waals surface area (Å²) >= 11 is 0. The molecule has 9 nitrogen and oxygen atoms in total. The Labute approximate surface area is 193 Å². The number of hydrogen-bond acceptors (Lipinski definition) is 8. The summed E-state index contributed by atoms with van der Waals surface area (Å²) < 4.78 is 21.6. The maximum atomic E-state index is 13.7. The van der Waals surface area contributed by atoms with Crippen LogP contribution in [0, 0.1) is 6.92 Å². The highest BCUT2D eigenvalue weighted by Crippen LogP contribution is 2.43. The number of ether oxygens (including phenoxy) is 2. The van der Waals surface area contributed by atoms with Gasteiger partial charge in [-0.05, 0) is 36.8 Å². The molecule has 1 amide bonds. The number of para-hydroxylation sites is 1. The topological polar surface area (TPSA) is 115 Å². The Kier molecular flexibility index (Phi) is 5.09. The second-order valence-corrected chi connectivity index (χ2v) is 7.73. The molecule has 2 aromatic heterocycles. The normalized spacial score (nSPS) is 15.9. The van der Waals surface area contributed by atoms with Crippen LogP contribution < -0.4 is 14.4 Å². The lowest BCUT2D eigenvalue weighted by molar-refractivity contribution is -0.117. The van der Waals surface area contributed by atoms with E-state index < -0.39 is 23.5 Å². The number of aryl methyl sites for hydroxylation is 1. The molecule has 9 heteroatoms. The molecule has 1 atom stereocenters. The fraction of sp³-hybridized carbons (Fsp3) is 0.160. The van der Waals surface area contributed by atoms with Crippen molar-refractivity contribution >= 4 is 28.5 Å². The fourth-order valence-electron chi connectivity index (χ4n) is 4.11. The van der Waals surface area contributed by atoms with Gasteiger partial charge in [-0.25, -0.2) is 0 Å². The molecule has 0 fully saturated rings. The van der Waals surface area contributed by atoms with Crippen LogP contribution in [0.3, 0.4) is 0 Å². The van der Waals surface area contributed by atoms with Crippen molar-refractivity contribution in [2.24, 2.45) is 0 Å². The van der Waals surface area contributed by atoms with Crippen molar-refractivity contribution in [2.45, 2.75) is 13.0 Å². The van der Waals surface area contributed by atoms with Gasteiger partial charge in [0.25, 0.3) is 5.91 Å². The van der Waals surface area contributed by atoms with Gasteiger partial charge in [-0.15, -0.1) is 0 Å². The lowest BCUT2D eigenvalue weighted by Gasteiger charge is -2.24. The molecule has 0 bridgehead atoms. The zero-order valence-corrected chi connectivity index (χ0v) is 18.6. The fourth-order valence-corrected chi connectivity index (χ4v) is 4.11. The first kappa shape index (κ1) is 21.3. The molecule has 5 rings (SSSR count). The Morgan fingerprint density at radius 1 is 1.09 bits per heavy atom. The average molecular weight is 460 g/mol. The van der Waals surface area contributed by atoms with Crippen LogP contribution in [0.4, 0.5) is 5.82 Å². The van der Waals surface area contributed by atoms with E-state index in [1.54, 1.807) is 61.5 Å². The maximum Gasteiger partial charge on any atom is 0.295 e. The van der Waals surface area contributed by atoms with E-state index in [1.807, 2.05) is 0 Å². The third-order valence-corrected chi connectivity index (χ3v) is 5.68. The minimum Gasteiger partial charge on any atom is -0.503 e. The van der Waals surface area contributed by atoms with E-state index in [0.717, 1.165) is 0 Å². The molecule has 1 N–H and O–H groups in total. The molecular weight excluding hydrogens is 440 g/mol. The van der Waals surface area contributed by atoms with Crippen LogP contribution in [-0.4, -0.2) is 36.2 Å². The van der Waals surface area contributed by atoms with Crippen molar-refractivity contribution in [3.05, 3.63) is 83.0 Å². The van der Waals surface area contributed by atoms with Crippen molar-refractivity contribution in [3.63, 3.8) is 0 Å². The van der Waals surface area contributed by atoms with Crippen LogP contribution in [-0.2, 0) is 4.79 Å². The summed E-state index contributed by atoms with van der Waals surface area (Å²) in [7, 11) is 3.01. The maximum absolute atomic E-state index is 13.7. The molecular formula is C25H20N2O7. The number of hydrogen-bond donors (Lipinski definition) is 1. The summed E-state index contributed by atoms with van der Waals surface area (Å²) in [4.78, 5) is 28.1. The number of rotatable bonds is 6. The number of amides is 1. The Morgan fingerprint density at radius 3 is 2.59 bits per heavy atom. The van der Waals surface area contributed by atoms with Crippen LogP contribution in [0.1, 0.15) is 27.9 Å². The number of methoxy groups -OCH3 is 2. The number of aliphatic hydroxyl groups is 1. The first-order chi connectivity index (χ1) is 16.4. The highest BCUT2D eigenvalue weighted by atomic mass is 16.5. The Morgan fingerprint density at radius 2 is 1.88 bits per heavy atom. The minimum absolute atomic E-state index is 0.0417. The number of carbonyl (C=O) groups is 2. The third-order valence-electron chi connectivity index (χ3n) is 5.68. The second-order valence-electron chi connectivity index (χ2n) is 7.73. The van der Waals surface area contributed by atoms with E-state index >= 15 is 0 Å². The summed E-state index contributed by atoms with van der Waals surface area (Å²) in [5.74, 6) is -0.537. The van der Waals surface area contributed by atoms with Crippen molar-refractivity contribution in [1.29, 1.82) is 0 Å². The highest BCUT2D eigenvalue weighted by molar-refractivity contribution is 6.20. The van der Waals surface area contributed by atoms with Gasteiger partial charge in [0.2, 0.25) is 5.78 Å². The molecule has 34 heavy (non-hydrogen) atoms. The van der Waals surface area contributed by atoms with Crippen LogP contribution >= 0.6 is 0 Å². The SMILES string of the molecule is COc1cccc(C2C(C(=O)c3cc4cccc(OC)c4o3)=C(O)C(=O)N2c2cc(C)on2)c1. The molecule has 2 aromatic carbocycles. The first-order valence-corrected chi connectivity index (χ1v) is 10.4. The van der Waals surface area contributed by atoms with Gasteiger partial charge < -0.3 is 23.5 Å². The molecule has 0 aliphatic carbocycles. The van der Waals surface area contributed by atoms with Gasteiger partial charge in [-0.1, -0.05) is 29.4 Å². The third kappa shape index (κ3) is 3.29. The zero-order valence-electron chi connectivity index (χ0n) is 18.6. The number of aliphatic hydroxyl groups excluding tert-OH is 1. The lowest BCUT2D eigenvalue weighted by Crippen LogP contribution is -2.31. The number of Topliss-reactive ketones (excluding diaryl/α,β-unsaturated/α-hetero) is 1. The molecule has 0 saturated heterocycles. The van der Waals surface area contributed by atoms with Crippen molar-refractivity contribution in [2.75, 3.05) is 19.1 Å². The molecule has 3 heterocycles. The molecule has 4 aromatic rings. The molecule has 1 aliphatic rings. The second kappa shape index (κ2) is 8.11. The van der Waals surface area contributed by atoms with E-state index in [0.29, 0.717) is 33.8 Å². The van der Waals surface area contributed by atoms with Gasteiger partial charge in [0.05, 0.1) is 25.8 Å². The number of ketones is 1. The van der Waals surface area contributed by atoms with E-state index in [9.17, 15) is 14.7 Å². The Bertz CT molecular complexity index is 1460. The van der Waals surface area contributed by atoms with Gasteiger partial charge in [0.15, 0.2) is 28.7 Å². The van der Waals surface area contributed by atoms with Gasteiger partial charge in [0, 0.05) is 11.5 Å². The van der Waals surface area contributed by atoms with E-state index in [-0.39, 0.29) is 17.2 Å². The van der Waals surface area contributed by atoms with Crippen LogP contribution in [0.25, 0.3) is 11.0 Å². The minimum atomic E-state index is -0.991. The Hall–Kier alpha value is -4.53. The standard InChI is InChI=1S/C25H20N2O7/c1-13-10-19(26-34-13)27-21(14-6-4-8-16(11-14)31-2)20(23(29)25(27)30)22(28)18-12-15-7-5-9-17(32-3)24(15)33-18/h4-12,21,29H,1-3H3. The van der Waals surface area contributed by atoms with E-state index in [2.05, 4.69) is 5.16 Å². The van der Waals surface area contributed by atoms with Crippen LogP contribution in [0.5, 0.6) is 11.5 Å².